The van der Waals surface area contributed by atoms with Crippen molar-refractivity contribution in [3.05, 3.63) is 56.7 Å². The Bertz CT molecular complexity index is 1300. The number of nitriles is 1. The van der Waals surface area contributed by atoms with E-state index in [4.69, 9.17) is 0 Å². The van der Waals surface area contributed by atoms with Crippen LogP contribution in [0.5, 0.6) is 0 Å². The molecule has 1 aliphatic heterocycles. The third-order valence-electron chi connectivity index (χ3n) is 4.41. The van der Waals surface area contributed by atoms with Gasteiger partial charge in [0, 0.05) is 6.20 Å². The molecule has 1 aliphatic rings. The van der Waals surface area contributed by atoms with Crippen LogP contribution in [0, 0.1) is 11.3 Å². The van der Waals surface area contributed by atoms with Gasteiger partial charge in [-0.2, -0.15) is 5.26 Å². The highest BCUT2D eigenvalue weighted by Crippen LogP contribution is 2.25. The summed E-state index contributed by atoms with van der Waals surface area (Å²) in [5.41, 5.74) is -0.774. The lowest BCUT2D eigenvalue weighted by atomic mass is 10.2. The fourth-order valence-corrected chi connectivity index (χ4v) is 4.93. The summed E-state index contributed by atoms with van der Waals surface area (Å²) in [6.07, 6.45) is 1.80. The standard InChI is InChI=1S/C16H12N4O4S/c17-8-10-7-12-14(18-13-3-1-2-5-19(13)16(12)22)20(15(10)21)11-4-6-25(23,24)9-11/h1-3,5,7,11H,4,6,9H2/t11-/m0/s1. The predicted molar refractivity (Wildman–Crippen MR) is 90.3 cm³/mol. The molecule has 1 fully saturated rings. The van der Waals surface area contributed by atoms with Crippen molar-refractivity contribution in [3.63, 3.8) is 0 Å². The molecular formula is C16H12N4O4S. The lowest BCUT2D eigenvalue weighted by Crippen LogP contribution is -2.30. The van der Waals surface area contributed by atoms with Crippen molar-refractivity contribution in [1.82, 2.24) is 14.0 Å². The number of hydrogen-bond acceptors (Lipinski definition) is 6. The van der Waals surface area contributed by atoms with Crippen LogP contribution in [0.25, 0.3) is 16.7 Å². The summed E-state index contributed by atoms with van der Waals surface area (Å²) in [4.78, 5) is 29.8. The largest absolute Gasteiger partial charge is 0.287 e. The first-order chi connectivity index (χ1) is 11.9. The number of sulfone groups is 1. The van der Waals surface area contributed by atoms with Gasteiger partial charge < -0.3 is 0 Å². The van der Waals surface area contributed by atoms with Crippen LogP contribution in [-0.2, 0) is 9.84 Å². The van der Waals surface area contributed by atoms with Crippen LogP contribution in [0.2, 0.25) is 0 Å². The van der Waals surface area contributed by atoms with Crippen molar-refractivity contribution in [3.8, 4) is 6.07 Å². The van der Waals surface area contributed by atoms with E-state index < -0.39 is 27.0 Å². The minimum atomic E-state index is -3.25. The fourth-order valence-electron chi connectivity index (χ4n) is 3.23. The molecule has 4 rings (SSSR count). The molecule has 1 atom stereocenters. The zero-order valence-corrected chi connectivity index (χ0v) is 13.7. The van der Waals surface area contributed by atoms with E-state index in [-0.39, 0.29) is 34.5 Å². The van der Waals surface area contributed by atoms with Gasteiger partial charge in [0.1, 0.15) is 17.3 Å². The second-order valence-electron chi connectivity index (χ2n) is 5.98. The quantitative estimate of drug-likeness (QED) is 0.577. The number of rotatable bonds is 1. The smallest absolute Gasteiger partial charge is 0.270 e. The molecule has 0 aliphatic carbocycles. The van der Waals surface area contributed by atoms with Gasteiger partial charge in [0.05, 0.1) is 22.9 Å². The first-order valence-corrected chi connectivity index (χ1v) is 9.40. The predicted octanol–water partition coefficient (Wildman–Crippen LogP) is 0.241. The van der Waals surface area contributed by atoms with Gasteiger partial charge in [0.15, 0.2) is 15.5 Å². The normalized spacial score (nSPS) is 19.2. The summed E-state index contributed by atoms with van der Waals surface area (Å²) < 4.78 is 26.2. The van der Waals surface area contributed by atoms with Crippen molar-refractivity contribution < 1.29 is 8.42 Å². The van der Waals surface area contributed by atoms with Crippen LogP contribution in [0.1, 0.15) is 18.0 Å². The van der Waals surface area contributed by atoms with Gasteiger partial charge in [-0.15, -0.1) is 0 Å². The third-order valence-corrected chi connectivity index (χ3v) is 6.16. The highest BCUT2D eigenvalue weighted by molar-refractivity contribution is 7.91. The number of aromatic nitrogens is 3. The number of pyridine rings is 2. The summed E-state index contributed by atoms with van der Waals surface area (Å²) in [7, 11) is -3.25. The Kier molecular flexibility index (Phi) is 3.27. The highest BCUT2D eigenvalue weighted by Gasteiger charge is 2.32. The fraction of sp³-hybridized carbons (Fsp3) is 0.250. The zero-order chi connectivity index (χ0) is 17.8. The summed E-state index contributed by atoms with van der Waals surface area (Å²) in [5, 5.41) is 9.36. The van der Waals surface area contributed by atoms with Crippen LogP contribution < -0.4 is 11.1 Å². The molecular weight excluding hydrogens is 344 g/mol. The van der Waals surface area contributed by atoms with Gasteiger partial charge in [0.2, 0.25) is 0 Å². The van der Waals surface area contributed by atoms with Gasteiger partial charge >= 0.3 is 0 Å². The Hall–Kier alpha value is -2.99. The topological polar surface area (TPSA) is 114 Å². The zero-order valence-electron chi connectivity index (χ0n) is 12.9. The van der Waals surface area contributed by atoms with Crippen LogP contribution in [0.4, 0.5) is 0 Å². The molecule has 0 unspecified atom stereocenters. The van der Waals surface area contributed by atoms with E-state index in [1.165, 1.54) is 15.0 Å². The van der Waals surface area contributed by atoms with E-state index in [0.717, 1.165) is 0 Å². The van der Waals surface area contributed by atoms with Crippen LogP contribution in [0.15, 0.2) is 40.1 Å². The van der Waals surface area contributed by atoms with E-state index in [1.807, 2.05) is 0 Å². The minimum absolute atomic E-state index is 0.0328. The Labute approximate surface area is 141 Å². The van der Waals surface area contributed by atoms with Crippen LogP contribution in [0.3, 0.4) is 0 Å². The molecule has 3 aromatic rings. The average Bonchev–Trinajstić information content (AvgIpc) is 2.94. The van der Waals surface area contributed by atoms with E-state index >= 15 is 0 Å². The van der Waals surface area contributed by atoms with Crippen molar-refractivity contribution >= 4 is 26.5 Å². The van der Waals surface area contributed by atoms with Gasteiger partial charge in [-0.25, -0.2) is 13.4 Å². The minimum Gasteiger partial charge on any atom is -0.287 e. The molecule has 3 aromatic heterocycles. The number of fused-ring (bicyclic) bond motifs is 2. The van der Waals surface area contributed by atoms with Crippen LogP contribution in [-0.4, -0.2) is 33.9 Å². The summed E-state index contributed by atoms with van der Waals surface area (Å²) >= 11 is 0. The molecule has 8 nitrogen and oxygen atoms in total. The first-order valence-electron chi connectivity index (χ1n) is 7.58. The molecule has 0 amide bonds. The molecule has 126 valence electrons. The number of hydrogen-bond donors (Lipinski definition) is 0. The van der Waals surface area contributed by atoms with Gasteiger partial charge in [0.25, 0.3) is 11.1 Å². The second-order valence-corrected chi connectivity index (χ2v) is 8.21. The SMILES string of the molecule is N#Cc1cc2c(=O)n3ccccc3nc2n([C@H]2CCS(=O)(=O)C2)c1=O. The summed E-state index contributed by atoms with van der Waals surface area (Å²) in [6.45, 7) is 0. The van der Waals surface area contributed by atoms with E-state index in [0.29, 0.717) is 5.65 Å². The maximum Gasteiger partial charge on any atom is 0.270 e. The Morgan fingerprint density at radius 2 is 2.04 bits per heavy atom. The van der Waals surface area contributed by atoms with Crippen molar-refractivity contribution in [2.24, 2.45) is 0 Å². The molecule has 0 saturated carbocycles. The van der Waals surface area contributed by atoms with Crippen molar-refractivity contribution in [2.75, 3.05) is 11.5 Å². The molecule has 0 bridgehead atoms. The Morgan fingerprint density at radius 3 is 2.72 bits per heavy atom. The average molecular weight is 356 g/mol. The molecule has 0 radical (unpaired) electrons. The van der Waals surface area contributed by atoms with Crippen molar-refractivity contribution in [2.45, 2.75) is 12.5 Å². The molecule has 1 saturated heterocycles. The third kappa shape index (κ3) is 2.34. The summed E-state index contributed by atoms with van der Waals surface area (Å²) in [5.74, 6) is -0.234. The Balaban J connectivity index is 2.17. The van der Waals surface area contributed by atoms with Gasteiger partial charge in [-0.1, -0.05) is 6.07 Å². The molecule has 0 aromatic carbocycles. The van der Waals surface area contributed by atoms with Crippen LogP contribution >= 0.6 is 0 Å². The van der Waals surface area contributed by atoms with Gasteiger partial charge in [-0.05, 0) is 24.6 Å². The van der Waals surface area contributed by atoms with E-state index in [2.05, 4.69) is 4.98 Å². The lowest BCUT2D eigenvalue weighted by Gasteiger charge is -2.16. The lowest BCUT2D eigenvalue weighted by molar-refractivity contribution is 0.551. The maximum atomic E-state index is 12.7. The van der Waals surface area contributed by atoms with E-state index in [9.17, 15) is 23.3 Å². The number of nitrogens with zero attached hydrogens (tertiary/aromatic N) is 4. The molecule has 25 heavy (non-hydrogen) atoms. The Morgan fingerprint density at radius 1 is 1.24 bits per heavy atom. The molecule has 0 spiro atoms. The maximum absolute atomic E-state index is 12.7. The molecule has 4 heterocycles. The second kappa shape index (κ2) is 5.26. The van der Waals surface area contributed by atoms with E-state index in [1.54, 1.807) is 30.5 Å². The molecule has 0 N–H and O–H groups in total. The molecule has 9 heteroatoms. The highest BCUT2D eigenvalue weighted by atomic mass is 32.2. The first kappa shape index (κ1) is 15.5. The van der Waals surface area contributed by atoms with Crippen molar-refractivity contribution in [1.29, 1.82) is 5.26 Å². The monoisotopic (exact) mass is 356 g/mol. The summed E-state index contributed by atoms with van der Waals surface area (Å²) in [6, 6.07) is 7.39. The van der Waals surface area contributed by atoms with Gasteiger partial charge in [-0.3, -0.25) is 18.6 Å².